The number of aromatic nitrogens is 7. The molecule has 0 aliphatic heterocycles. The summed E-state index contributed by atoms with van der Waals surface area (Å²) in [4.78, 5) is 8.31. The normalized spacial score (nSPS) is 11.5. The Morgan fingerprint density at radius 3 is 3.14 bits per heavy atom. The van der Waals surface area contributed by atoms with Gasteiger partial charge < -0.3 is 10.3 Å². The van der Waals surface area contributed by atoms with E-state index in [9.17, 15) is 0 Å². The quantitative estimate of drug-likeness (QED) is 0.487. The highest BCUT2D eigenvalue weighted by Crippen LogP contribution is 2.16. The molecule has 8 nitrogen and oxygen atoms in total. The second-order valence-electron chi connectivity index (χ2n) is 2.92. The summed E-state index contributed by atoms with van der Waals surface area (Å²) in [5.74, 6) is 0.772. The average Bonchev–Trinajstić information content (AvgIpc) is 2.75. The number of fused-ring (bicyclic) bond motifs is 2. The Hall–Kier alpha value is -2.25. The van der Waals surface area contributed by atoms with Crippen molar-refractivity contribution in [3.05, 3.63) is 6.33 Å². The number of anilines is 1. The summed E-state index contributed by atoms with van der Waals surface area (Å²) >= 11 is 0. The van der Waals surface area contributed by atoms with Crippen LogP contribution in [0.1, 0.15) is 0 Å². The van der Waals surface area contributed by atoms with Gasteiger partial charge in [-0.1, -0.05) is 5.10 Å². The molecule has 8 heteroatoms. The summed E-state index contributed by atoms with van der Waals surface area (Å²) in [6.07, 6.45) is 1.64. The topological polar surface area (TPSA) is 99.8 Å². The first-order valence-electron chi connectivity index (χ1n) is 3.92. The molecule has 0 aromatic carbocycles. The summed E-state index contributed by atoms with van der Waals surface area (Å²) in [6.45, 7) is 0. The smallest absolute Gasteiger partial charge is 0.277 e. The first-order valence-corrected chi connectivity index (χ1v) is 3.92. The van der Waals surface area contributed by atoms with Gasteiger partial charge in [0.1, 0.15) is 5.52 Å². The fraction of sp³-hybridized carbons (Fsp3) is 0.167. The van der Waals surface area contributed by atoms with E-state index in [1.54, 1.807) is 10.9 Å². The van der Waals surface area contributed by atoms with Gasteiger partial charge in [0.15, 0.2) is 11.5 Å². The molecule has 3 aromatic rings. The maximum absolute atomic E-state index is 5.82. The number of imidazole rings is 1. The summed E-state index contributed by atoms with van der Waals surface area (Å²) in [5, 5.41) is 10.9. The molecule has 0 aliphatic rings. The highest BCUT2D eigenvalue weighted by Gasteiger charge is 2.11. The van der Waals surface area contributed by atoms with Gasteiger partial charge in [-0.2, -0.15) is 9.50 Å². The van der Waals surface area contributed by atoms with Gasteiger partial charge >= 0.3 is 0 Å². The minimum absolute atomic E-state index is 0.374. The Kier molecular flexibility index (Phi) is 1.11. The Labute approximate surface area is 77.4 Å². The largest absolute Gasteiger partial charge is 0.382 e. The number of nitrogen functional groups attached to an aromatic ring is 1. The van der Waals surface area contributed by atoms with Crippen molar-refractivity contribution >= 4 is 22.8 Å². The number of nitrogens with two attached hydrogens (primary N) is 1. The van der Waals surface area contributed by atoms with Crippen molar-refractivity contribution in [2.24, 2.45) is 7.05 Å². The molecule has 0 aliphatic carbocycles. The van der Waals surface area contributed by atoms with Crippen LogP contribution in [0, 0.1) is 0 Å². The van der Waals surface area contributed by atoms with Gasteiger partial charge in [-0.15, -0.1) is 0 Å². The third-order valence-corrected chi connectivity index (χ3v) is 2.04. The highest BCUT2D eigenvalue weighted by molar-refractivity contribution is 5.83. The fourth-order valence-electron chi connectivity index (χ4n) is 1.34. The first-order chi connectivity index (χ1) is 6.77. The minimum Gasteiger partial charge on any atom is -0.382 e. The molecule has 3 rings (SSSR count). The summed E-state index contributed by atoms with van der Waals surface area (Å²) in [5.41, 5.74) is 7.09. The van der Waals surface area contributed by atoms with E-state index in [1.165, 1.54) is 4.52 Å². The highest BCUT2D eigenvalue weighted by atomic mass is 15.5. The van der Waals surface area contributed by atoms with E-state index in [-0.39, 0.29) is 0 Å². The molecule has 3 heterocycles. The predicted molar refractivity (Wildman–Crippen MR) is 47.3 cm³/mol. The van der Waals surface area contributed by atoms with Gasteiger partial charge in [0, 0.05) is 7.05 Å². The summed E-state index contributed by atoms with van der Waals surface area (Å²) in [6, 6.07) is 0. The van der Waals surface area contributed by atoms with Gasteiger partial charge in [-0.3, -0.25) is 0 Å². The fourth-order valence-corrected chi connectivity index (χ4v) is 1.34. The maximum Gasteiger partial charge on any atom is 0.277 e. The van der Waals surface area contributed by atoms with E-state index < -0.39 is 0 Å². The molecule has 0 amide bonds. The molecule has 0 spiro atoms. The van der Waals surface area contributed by atoms with Gasteiger partial charge in [-0.25, -0.2) is 4.98 Å². The van der Waals surface area contributed by atoms with Gasteiger partial charge in [0.05, 0.1) is 6.33 Å². The summed E-state index contributed by atoms with van der Waals surface area (Å²) in [7, 11) is 1.84. The molecule has 0 saturated heterocycles. The van der Waals surface area contributed by atoms with E-state index in [0.29, 0.717) is 22.8 Å². The first kappa shape index (κ1) is 7.18. The van der Waals surface area contributed by atoms with Crippen LogP contribution in [0.2, 0.25) is 0 Å². The Morgan fingerprint density at radius 1 is 1.43 bits per heavy atom. The molecule has 3 aromatic heterocycles. The molecule has 0 radical (unpaired) electrons. The number of hydrogen-bond donors (Lipinski definition) is 1. The van der Waals surface area contributed by atoms with Crippen molar-refractivity contribution in [2.75, 3.05) is 5.73 Å². The molecule has 2 N–H and O–H groups in total. The Morgan fingerprint density at radius 2 is 2.29 bits per heavy atom. The van der Waals surface area contributed by atoms with E-state index in [2.05, 4.69) is 25.5 Å². The lowest BCUT2D eigenvalue weighted by Crippen LogP contribution is -2.02. The number of aryl methyl sites for hydroxylation is 1. The van der Waals surface area contributed by atoms with Crippen LogP contribution >= 0.6 is 0 Å². The predicted octanol–water partition coefficient (Wildman–Crippen LogP) is -1.01. The molecule has 70 valence electrons. The SMILES string of the molecule is Cn1cnc2c(N)n3nnnc3nc21. The van der Waals surface area contributed by atoms with E-state index >= 15 is 0 Å². The van der Waals surface area contributed by atoms with Crippen LogP contribution < -0.4 is 5.73 Å². The monoisotopic (exact) mass is 190 g/mol. The van der Waals surface area contributed by atoms with E-state index in [0.717, 1.165) is 0 Å². The van der Waals surface area contributed by atoms with Crippen molar-refractivity contribution in [1.29, 1.82) is 0 Å². The zero-order chi connectivity index (χ0) is 9.71. The second-order valence-corrected chi connectivity index (χ2v) is 2.92. The van der Waals surface area contributed by atoms with Crippen LogP contribution in [0.25, 0.3) is 16.9 Å². The third-order valence-electron chi connectivity index (χ3n) is 2.04. The molecule has 14 heavy (non-hydrogen) atoms. The molecule has 0 saturated carbocycles. The zero-order valence-electron chi connectivity index (χ0n) is 7.29. The molecule has 0 atom stereocenters. The van der Waals surface area contributed by atoms with Gasteiger partial charge in [-0.05, 0) is 10.4 Å². The van der Waals surface area contributed by atoms with Gasteiger partial charge in [0.2, 0.25) is 0 Å². The second kappa shape index (κ2) is 2.16. The lowest BCUT2D eigenvalue weighted by atomic mass is 10.5. The van der Waals surface area contributed by atoms with Crippen molar-refractivity contribution in [3.8, 4) is 0 Å². The van der Waals surface area contributed by atoms with Crippen molar-refractivity contribution < 1.29 is 0 Å². The molecule has 0 fully saturated rings. The molecule has 0 bridgehead atoms. The standard InChI is InChI=1S/C6H6N8/c1-13-2-8-3-4(7)14-6(9-5(3)13)10-11-12-14/h2H,7H2,1H3. The van der Waals surface area contributed by atoms with Crippen LogP contribution in [-0.2, 0) is 7.05 Å². The number of nitrogens with zero attached hydrogens (tertiary/aromatic N) is 7. The summed E-state index contributed by atoms with van der Waals surface area (Å²) < 4.78 is 3.12. The van der Waals surface area contributed by atoms with Crippen molar-refractivity contribution in [2.45, 2.75) is 0 Å². The van der Waals surface area contributed by atoms with E-state index in [4.69, 9.17) is 5.73 Å². The van der Waals surface area contributed by atoms with Crippen LogP contribution in [0.4, 0.5) is 5.82 Å². The average molecular weight is 190 g/mol. The molecular weight excluding hydrogens is 184 g/mol. The lowest BCUT2D eigenvalue weighted by molar-refractivity contribution is 0.830. The zero-order valence-corrected chi connectivity index (χ0v) is 7.29. The molecule has 0 unspecified atom stereocenters. The lowest BCUT2D eigenvalue weighted by Gasteiger charge is -1.97. The van der Waals surface area contributed by atoms with E-state index in [1.807, 2.05) is 7.05 Å². The van der Waals surface area contributed by atoms with Crippen molar-refractivity contribution in [1.82, 2.24) is 34.6 Å². The van der Waals surface area contributed by atoms with Crippen LogP contribution in [0.3, 0.4) is 0 Å². The van der Waals surface area contributed by atoms with Crippen LogP contribution in [0.15, 0.2) is 6.33 Å². The minimum atomic E-state index is 0.374. The molecular formula is C6H6N8. The van der Waals surface area contributed by atoms with Crippen LogP contribution in [-0.4, -0.2) is 34.6 Å². The van der Waals surface area contributed by atoms with Crippen molar-refractivity contribution in [3.63, 3.8) is 0 Å². The number of tetrazole rings is 1. The maximum atomic E-state index is 5.82. The Bertz CT molecular complexity index is 619. The van der Waals surface area contributed by atoms with Crippen LogP contribution in [0.5, 0.6) is 0 Å². The Balaban J connectivity index is 2.64. The number of hydrogen-bond acceptors (Lipinski definition) is 6. The third kappa shape index (κ3) is 0.696. The van der Waals surface area contributed by atoms with Gasteiger partial charge in [0.25, 0.3) is 5.78 Å². The number of rotatable bonds is 0.